The summed E-state index contributed by atoms with van der Waals surface area (Å²) in [5.41, 5.74) is -0.630. The van der Waals surface area contributed by atoms with Crippen molar-refractivity contribution in [2.45, 2.75) is 44.9 Å². The first-order chi connectivity index (χ1) is 7.79. The zero-order valence-electron chi connectivity index (χ0n) is 10.1. The summed E-state index contributed by atoms with van der Waals surface area (Å²) in [4.78, 5) is 24.3. The fourth-order valence-electron chi connectivity index (χ4n) is 2.05. The van der Waals surface area contributed by atoms with Gasteiger partial charge in [-0.05, 0) is 27.2 Å². The fraction of sp³-hybridized carbons (Fsp3) is 0.667. The molecular weight excluding hydrogens is 222 g/mol. The Balaban J connectivity index is 2.15. The van der Waals surface area contributed by atoms with Crippen molar-refractivity contribution in [3.8, 4) is 11.8 Å². The second-order valence-corrected chi connectivity index (χ2v) is 5.32. The molecule has 0 aromatic heterocycles. The molecule has 0 unspecified atom stereocenters. The van der Waals surface area contributed by atoms with E-state index in [0.717, 1.165) is 0 Å². The molecule has 17 heavy (non-hydrogen) atoms. The lowest BCUT2D eigenvalue weighted by atomic mass is 9.92. The number of aliphatic carboxylic acids is 1. The number of amides is 1. The topological polar surface area (TPSA) is 66.8 Å². The summed E-state index contributed by atoms with van der Waals surface area (Å²) in [7, 11) is 0. The Hall–Kier alpha value is -1.70. The van der Waals surface area contributed by atoms with Crippen LogP contribution in [-0.2, 0) is 9.53 Å². The monoisotopic (exact) mass is 237 g/mol. The fourth-order valence-corrected chi connectivity index (χ4v) is 2.05. The van der Waals surface area contributed by atoms with Crippen LogP contribution in [0, 0.1) is 17.8 Å². The summed E-state index contributed by atoms with van der Waals surface area (Å²) < 4.78 is 5.21. The van der Waals surface area contributed by atoms with E-state index in [-0.39, 0.29) is 12.0 Å². The number of rotatable bonds is 1. The van der Waals surface area contributed by atoms with Crippen molar-refractivity contribution >= 4 is 12.1 Å². The van der Waals surface area contributed by atoms with Crippen molar-refractivity contribution in [3.05, 3.63) is 0 Å². The third kappa shape index (κ3) is 2.07. The number of nitrogens with zero attached hydrogens (tertiary/aromatic N) is 1. The van der Waals surface area contributed by atoms with Crippen molar-refractivity contribution in [1.29, 1.82) is 0 Å². The largest absolute Gasteiger partial charge is 0.480 e. The highest BCUT2D eigenvalue weighted by atomic mass is 16.6. The number of ether oxygens (including phenoxy) is 1. The van der Waals surface area contributed by atoms with Crippen molar-refractivity contribution in [3.63, 3.8) is 0 Å². The quantitative estimate of drug-likeness (QED) is 0.693. The second-order valence-electron chi connectivity index (χ2n) is 5.32. The Labute approximate surface area is 99.7 Å². The highest BCUT2D eigenvalue weighted by Gasteiger charge is 2.50. The third-order valence-corrected chi connectivity index (χ3v) is 2.80. The maximum Gasteiger partial charge on any atom is 0.412 e. The van der Waals surface area contributed by atoms with Crippen molar-refractivity contribution < 1.29 is 19.4 Å². The molecule has 1 aliphatic heterocycles. The van der Waals surface area contributed by atoms with Crippen LogP contribution in [0.15, 0.2) is 0 Å². The van der Waals surface area contributed by atoms with Crippen molar-refractivity contribution in [1.82, 2.24) is 4.90 Å². The minimum absolute atomic E-state index is 0.0105. The molecule has 0 radical (unpaired) electrons. The number of carboxylic acids is 1. The number of hydrogen-bond donors (Lipinski definition) is 1. The van der Waals surface area contributed by atoms with Crippen LogP contribution in [-0.4, -0.2) is 39.8 Å². The average Bonchev–Trinajstić information content (AvgIpc) is 2.35. The molecule has 2 aliphatic rings. The van der Waals surface area contributed by atoms with Gasteiger partial charge in [-0.15, -0.1) is 0 Å². The van der Waals surface area contributed by atoms with E-state index in [0.29, 0.717) is 6.42 Å². The SMILES string of the molecule is CC(C)(C)OC(=O)N1[C@@H]2C#C[C@@H]2C[C@H]1C(=O)O. The van der Waals surface area contributed by atoms with E-state index < -0.39 is 23.7 Å². The Morgan fingerprint density at radius 3 is 2.41 bits per heavy atom. The molecule has 1 fully saturated rings. The lowest BCUT2D eigenvalue weighted by Crippen LogP contribution is -2.48. The van der Waals surface area contributed by atoms with Gasteiger partial charge in [-0.2, -0.15) is 0 Å². The van der Waals surface area contributed by atoms with Crippen LogP contribution in [0.3, 0.4) is 0 Å². The number of hydrogen-bond acceptors (Lipinski definition) is 3. The lowest BCUT2D eigenvalue weighted by molar-refractivity contribution is -0.142. The molecule has 3 atom stereocenters. The van der Waals surface area contributed by atoms with Crippen molar-refractivity contribution in [2.24, 2.45) is 5.92 Å². The van der Waals surface area contributed by atoms with Crippen LogP contribution < -0.4 is 0 Å². The van der Waals surface area contributed by atoms with Gasteiger partial charge in [0.15, 0.2) is 0 Å². The van der Waals surface area contributed by atoms with Crippen LogP contribution in [0.5, 0.6) is 0 Å². The highest BCUT2D eigenvalue weighted by molar-refractivity contribution is 5.82. The number of carboxylic acid groups (broad SMARTS) is 1. The first-order valence-corrected chi connectivity index (χ1v) is 5.55. The maximum atomic E-state index is 11.9. The molecule has 1 aliphatic carbocycles. The van der Waals surface area contributed by atoms with Crippen molar-refractivity contribution in [2.75, 3.05) is 0 Å². The molecular formula is C12H15NO4. The lowest BCUT2D eigenvalue weighted by Gasteiger charge is -2.30. The summed E-state index contributed by atoms with van der Waals surface area (Å²) in [5, 5.41) is 9.09. The van der Waals surface area contributed by atoms with Gasteiger partial charge in [-0.25, -0.2) is 9.59 Å². The summed E-state index contributed by atoms with van der Waals surface area (Å²) in [5.74, 6) is 4.68. The molecule has 0 bridgehead atoms. The summed E-state index contributed by atoms with van der Waals surface area (Å²) >= 11 is 0. The molecule has 92 valence electrons. The highest BCUT2D eigenvalue weighted by Crippen LogP contribution is 2.34. The maximum absolute atomic E-state index is 11.9. The summed E-state index contributed by atoms with van der Waals surface area (Å²) in [6, 6.07) is -1.12. The van der Waals surface area contributed by atoms with Crippen LogP contribution in [0.25, 0.3) is 0 Å². The molecule has 1 heterocycles. The zero-order chi connectivity index (χ0) is 12.8. The van der Waals surface area contributed by atoms with E-state index in [2.05, 4.69) is 11.8 Å². The molecule has 0 aromatic carbocycles. The predicted molar refractivity (Wildman–Crippen MR) is 59.2 cm³/mol. The first kappa shape index (κ1) is 11.8. The van der Waals surface area contributed by atoms with Gasteiger partial charge in [-0.1, -0.05) is 11.8 Å². The van der Waals surface area contributed by atoms with Gasteiger partial charge < -0.3 is 9.84 Å². The molecule has 5 heteroatoms. The first-order valence-electron chi connectivity index (χ1n) is 5.55. The number of likely N-dealkylation sites (tertiary alicyclic amines) is 1. The minimum Gasteiger partial charge on any atom is -0.480 e. The average molecular weight is 237 g/mol. The number of carbonyl (C=O) groups excluding carboxylic acids is 1. The van der Waals surface area contributed by atoms with Gasteiger partial charge >= 0.3 is 12.1 Å². The van der Waals surface area contributed by atoms with E-state index in [4.69, 9.17) is 9.84 Å². The Morgan fingerprint density at radius 1 is 1.35 bits per heavy atom. The molecule has 0 saturated carbocycles. The van der Waals surface area contributed by atoms with E-state index in [9.17, 15) is 9.59 Å². The van der Waals surface area contributed by atoms with Gasteiger partial charge in [-0.3, -0.25) is 4.90 Å². The summed E-state index contributed by atoms with van der Waals surface area (Å²) in [6.45, 7) is 5.25. The Morgan fingerprint density at radius 2 is 2.00 bits per heavy atom. The van der Waals surface area contributed by atoms with Crippen LogP contribution in [0.4, 0.5) is 4.79 Å². The third-order valence-electron chi connectivity index (χ3n) is 2.80. The molecule has 1 amide bonds. The smallest absolute Gasteiger partial charge is 0.412 e. The van der Waals surface area contributed by atoms with E-state index in [1.54, 1.807) is 20.8 Å². The van der Waals surface area contributed by atoms with E-state index in [1.807, 2.05) is 0 Å². The van der Waals surface area contributed by atoms with Crippen LogP contribution >= 0.6 is 0 Å². The number of carbonyl (C=O) groups is 2. The molecule has 2 rings (SSSR count). The summed E-state index contributed by atoms with van der Waals surface area (Å²) in [6.07, 6.45) is -0.196. The molecule has 1 N–H and O–H groups in total. The standard InChI is InChI=1S/C12H15NO4/c1-12(2,3)17-11(16)13-8-5-4-7(8)6-9(13)10(14)15/h7-9H,6H2,1-3H3,(H,14,15)/t7-,8-,9+/m1/s1. The zero-order valence-corrected chi connectivity index (χ0v) is 10.1. The molecule has 0 aromatic rings. The van der Waals surface area contributed by atoms with E-state index >= 15 is 0 Å². The predicted octanol–water partition coefficient (Wildman–Crippen LogP) is 1.08. The van der Waals surface area contributed by atoms with Gasteiger partial charge in [0.2, 0.25) is 0 Å². The van der Waals surface area contributed by atoms with Crippen LogP contribution in [0.1, 0.15) is 27.2 Å². The second kappa shape index (κ2) is 3.66. The Kier molecular flexibility index (Phi) is 2.53. The van der Waals surface area contributed by atoms with Gasteiger partial charge in [0.1, 0.15) is 17.7 Å². The molecule has 5 nitrogen and oxygen atoms in total. The van der Waals surface area contributed by atoms with Gasteiger partial charge in [0.05, 0.1) is 5.92 Å². The Bertz CT molecular complexity index is 426. The van der Waals surface area contributed by atoms with Gasteiger partial charge in [0.25, 0.3) is 0 Å². The minimum atomic E-state index is -1.01. The van der Waals surface area contributed by atoms with Gasteiger partial charge in [0, 0.05) is 0 Å². The van der Waals surface area contributed by atoms with Crippen LogP contribution in [0.2, 0.25) is 0 Å². The molecule has 0 spiro atoms. The number of fused-ring (bicyclic) bond motifs is 1. The molecule has 1 saturated heterocycles. The normalized spacial score (nSPS) is 29.8. The van der Waals surface area contributed by atoms with E-state index in [1.165, 1.54) is 4.90 Å².